The van der Waals surface area contributed by atoms with Crippen molar-refractivity contribution in [3.8, 4) is 5.75 Å². The summed E-state index contributed by atoms with van der Waals surface area (Å²) in [5, 5.41) is 4.47. The molecule has 1 heterocycles. The molecular formula is C21H30N2O2. The first-order chi connectivity index (χ1) is 11.7. The van der Waals surface area contributed by atoms with Crippen LogP contribution in [0.5, 0.6) is 5.75 Å². The van der Waals surface area contributed by atoms with Gasteiger partial charge in [0.25, 0.3) is 5.91 Å². The molecule has 25 heavy (non-hydrogen) atoms. The Hall–Kier alpha value is -2.10. The Morgan fingerprint density at radius 2 is 1.80 bits per heavy atom. The van der Waals surface area contributed by atoms with E-state index in [0.29, 0.717) is 11.7 Å². The van der Waals surface area contributed by atoms with Crippen LogP contribution in [-0.2, 0) is 6.42 Å². The quantitative estimate of drug-likeness (QED) is 0.756. The zero-order chi connectivity index (χ0) is 18.7. The number of aryl methyl sites for hydroxylation is 3. The van der Waals surface area contributed by atoms with Gasteiger partial charge in [0, 0.05) is 5.69 Å². The van der Waals surface area contributed by atoms with Crippen molar-refractivity contribution in [3.63, 3.8) is 0 Å². The maximum atomic E-state index is 12.8. The van der Waals surface area contributed by atoms with Crippen LogP contribution in [0.15, 0.2) is 18.2 Å². The van der Waals surface area contributed by atoms with Gasteiger partial charge in [0.1, 0.15) is 5.75 Å². The van der Waals surface area contributed by atoms with E-state index in [1.165, 1.54) is 15.8 Å². The van der Waals surface area contributed by atoms with Gasteiger partial charge in [-0.2, -0.15) is 5.10 Å². The van der Waals surface area contributed by atoms with Crippen molar-refractivity contribution in [2.45, 2.75) is 67.4 Å². The second kappa shape index (κ2) is 7.85. The van der Waals surface area contributed by atoms with Crippen LogP contribution >= 0.6 is 0 Å². The number of carbonyl (C=O) groups excluding carboxylic acids is 1. The highest BCUT2D eigenvalue weighted by atomic mass is 16.5. The molecule has 0 saturated carbocycles. The molecule has 1 atom stereocenters. The summed E-state index contributed by atoms with van der Waals surface area (Å²) >= 11 is 0. The molecule has 4 heteroatoms. The molecule has 0 radical (unpaired) electrons. The third-order valence-electron chi connectivity index (χ3n) is 4.76. The molecule has 0 spiro atoms. The smallest absolute Gasteiger partial charge is 0.287 e. The Labute approximate surface area is 151 Å². The molecule has 0 aliphatic carbocycles. The first kappa shape index (κ1) is 19.2. The number of hydrogen-bond acceptors (Lipinski definition) is 3. The van der Waals surface area contributed by atoms with Gasteiger partial charge in [-0.3, -0.25) is 4.79 Å². The van der Waals surface area contributed by atoms with E-state index in [1.54, 1.807) is 6.92 Å². The van der Waals surface area contributed by atoms with E-state index in [2.05, 4.69) is 25.9 Å². The minimum Gasteiger partial charge on any atom is -0.481 e. The predicted molar refractivity (Wildman–Crippen MR) is 101 cm³/mol. The normalized spacial score (nSPS) is 12.5. The standard InChI is InChI=1S/C21H30N2O2/c1-13(2)8-11-20-16(5)22-23(17(20)6)21(24)18(7)25-19-10-9-14(3)15(4)12-19/h9-10,12-13,18H,8,11H2,1-7H3. The molecule has 0 fully saturated rings. The highest BCUT2D eigenvalue weighted by Crippen LogP contribution is 2.20. The van der Waals surface area contributed by atoms with Gasteiger partial charge in [0.15, 0.2) is 6.10 Å². The maximum absolute atomic E-state index is 12.8. The lowest BCUT2D eigenvalue weighted by molar-refractivity contribution is 0.0707. The highest BCUT2D eigenvalue weighted by Gasteiger charge is 2.22. The molecule has 136 valence electrons. The number of aromatic nitrogens is 2. The average Bonchev–Trinajstić information content (AvgIpc) is 2.82. The molecule has 0 aliphatic rings. The lowest BCUT2D eigenvalue weighted by Gasteiger charge is -2.15. The van der Waals surface area contributed by atoms with Crippen LogP contribution in [0.1, 0.15) is 60.1 Å². The Kier molecular flexibility index (Phi) is 6.04. The minimum atomic E-state index is -0.585. The summed E-state index contributed by atoms with van der Waals surface area (Å²) in [6, 6.07) is 5.88. The van der Waals surface area contributed by atoms with Gasteiger partial charge in [-0.25, -0.2) is 4.68 Å². The van der Waals surface area contributed by atoms with Crippen LogP contribution in [0.4, 0.5) is 0 Å². The monoisotopic (exact) mass is 342 g/mol. The van der Waals surface area contributed by atoms with Crippen molar-refractivity contribution in [2.75, 3.05) is 0 Å². The Morgan fingerprint density at radius 1 is 1.12 bits per heavy atom. The van der Waals surface area contributed by atoms with Gasteiger partial charge >= 0.3 is 0 Å². The first-order valence-corrected chi connectivity index (χ1v) is 9.04. The lowest BCUT2D eigenvalue weighted by Crippen LogP contribution is -2.31. The largest absolute Gasteiger partial charge is 0.481 e. The summed E-state index contributed by atoms with van der Waals surface area (Å²) in [4.78, 5) is 12.8. The van der Waals surface area contributed by atoms with Crippen LogP contribution in [0, 0.1) is 33.6 Å². The van der Waals surface area contributed by atoms with Gasteiger partial charge in [0.05, 0.1) is 5.69 Å². The Morgan fingerprint density at radius 3 is 2.40 bits per heavy atom. The summed E-state index contributed by atoms with van der Waals surface area (Å²) in [7, 11) is 0. The van der Waals surface area contributed by atoms with Crippen molar-refractivity contribution >= 4 is 5.91 Å². The molecule has 1 aromatic carbocycles. The fourth-order valence-electron chi connectivity index (χ4n) is 2.90. The van der Waals surface area contributed by atoms with Crippen LogP contribution in [0.3, 0.4) is 0 Å². The SMILES string of the molecule is Cc1ccc(OC(C)C(=O)n2nc(C)c(CCC(C)C)c2C)cc1C. The van der Waals surface area contributed by atoms with E-state index < -0.39 is 6.10 Å². The van der Waals surface area contributed by atoms with Crippen LogP contribution in [-0.4, -0.2) is 21.8 Å². The predicted octanol–water partition coefficient (Wildman–Crippen LogP) is 4.81. The van der Waals surface area contributed by atoms with Crippen LogP contribution < -0.4 is 4.74 Å². The van der Waals surface area contributed by atoms with Crippen molar-refractivity contribution in [1.29, 1.82) is 0 Å². The first-order valence-electron chi connectivity index (χ1n) is 9.04. The van der Waals surface area contributed by atoms with E-state index in [1.807, 2.05) is 39.0 Å². The average molecular weight is 342 g/mol. The topological polar surface area (TPSA) is 44.1 Å². The second-order valence-electron chi connectivity index (χ2n) is 7.34. The number of nitrogens with zero attached hydrogens (tertiary/aromatic N) is 2. The summed E-state index contributed by atoms with van der Waals surface area (Å²) in [6.45, 7) is 14.2. The third-order valence-corrected chi connectivity index (χ3v) is 4.76. The van der Waals surface area contributed by atoms with Gasteiger partial charge in [-0.15, -0.1) is 0 Å². The number of benzene rings is 1. The van der Waals surface area contributed by atoms with E-state index >= 15 is 0 Å². The zero-order valence-electron chi connectivity index (χ0n) is 16.5. The zero-order valence-corrected chi connectivity index (χ0v) is 16.5. The number of carbonyl (C=O) groups is 1. The van der Waals surface area contributed by atoms with E-state index in [0.717, 1.165) is 29.8 Å². The molecule has 0 saturated heterocycles. The summed E-state index contributed by atoms with van der Waals surface area (Å²) in [5.74, 6) is 1.21. The molecule has 2 rings (SSSR count). The van der Waals surface area contributed by atoms with Crippen molar-refractivity contribution in [2.24, 2.45) is 5.92 Å². The number of hydrogen-bond donors (Lipinski definition) is 0. The fourth-order valence-corrected chi connectivity index (χ4v) is 2.90. The van der Waals surface area contributed by atoms with E-state index in [9.17, 15) is 4.79 Å². The number of rotatable bonds is 6. The molecule has 0 aliphatic heterocycles. The number of ether oxygens (including phenoxy) is 1. The molecule has 2 aromatic rings. The Balaban J connectivity index is 2.16. The molecular weight excluding hydrogens is 312 g/mol. The van der Waals surface area contributed by atoms with Crippen LogP contribution in [0.25, 0.3) is 0 Å². The fraction of sp³-hybridized carbons (Fsp3) is 0.524. The van der Waals surface area contributed by atoms with E-state index in [-0.39, 0.29) is 5.91 Å². The van der Waals surface area contributed by atoms with Gasteiger partial charge in [-0.05, 0) is 82.2 Å². The lowest BCUT2D eigenvalue weighted by atomic mass is 10.0. The summed E-state index contributed by atoms with van der Waals surface area (Å²) in [5.41, 5.74) is 5.41. The minimum absolute atomic E-state index is 0.130. The highest BCUT2D eigenvalue weighted by molar-refractivity contribution is 5.83. The van der Waals surface area contributed by atoms with Crippen molar-refractivity contribution in [1.82, 2.24) is 9.78 Å². The van der Waals surface area contributed by atoms with Gasteiger partial charge in [0.2, 0.25) is 0 Å². The van der Waals surface area contributed by atoms with Gasteiger partial charge < -0.3 is 4.74 Å². The van der Waals surface area contributed by atoms with E-state index in [4.69, 9.17) is 4.74 Å². The molecule has 0 bridgehead atoms. The Bertz CT molecular complexity index is 759. The summed E-state index contributed by atoms with van der Waals surface area (Å²) in [6.07, 6.45) is 1.46. The molecule has 1 aromatic heterocycles. The summed E-state index contributed by atoms with van der Waals surface area (Å²) < 4.78 is 7.37. The third kappa shape index (κ3) is 4.50. The van der Waals surface area contributed by atoms with Crippen molar-refractivity contribution < 1.29 is 9.53 Å². The molecule has 1 unspecified atom stereocenters. The second-order valence-corrected chi connectivity index (χ2v) is 7.34. The van der Waals surface area contributed by atoms with Crippen molar-refractivity contribution in [3.05, 3.63) is 46.3 Å². The van der Waals surface area contributed by atoms with Gasteiger partial charge in [-0.1, -0.05) is 19.9 Å². The molecule has 4 nitrogen and oxygen atoms in total. The molecule has 0 N–H and O–H groups in total. The molecule has 0 amide bonds. The van der Waals surface area contributed by atoms with Crippen LogP contribution in [0.2, 0.25) is 0 Å². The maximum Gasteiger partial charge on any atom is 0.287 e.